The number of nitrogens with one attached hydrogen (secondary N) is 1. The van der Waals surface area contributed by atoms with Crippen LogP contribution in [0.1, 0.15) is 31.5 Å². The number of ether oxygens (including phenoxy) is 1. The first-order valence-corrected chi connectivity index (χ1v) is 10.1. The Balaban J connectivity index is 1.32. The van der Waals surface area contributed by atoms with Crippen LogP contribution in [0.2, 0.25) is 0 Å². The molecule has 1 N–H and O–H groups in total. The van der Waals surface area contributed by atoms with Crippen LogP contribution in [0.5, 0.6) is 5.75 Å². The minimum Gasteiger partial charge on any atom is -0.497 e. The van der Waals surface area contributed by atoms with Gasteiger partial charge in [-0.3, -0.25) is 9.78 Å². The van der Waals surface area contributed by atoms with Crippen LogP contribution < -0.4 is 15.0 Å². The Morgan fingerprint density at radius 2 is 1.93 bits per heavy atom. The van der Waals surface area contributed by atoms with Gasteiger partial charge < -0.3 is 19.4 Å². The highest BCUT2D eigenvalue weighted by atomic mass is 16.5. The number of nitrogens with zero attached hydrogens (tertiary/aromatic N) is 4. The second-order valence-corrected chi connectivity index (χ2v) is 7.36. The smallest absolute Gasteiger partial charge is 0.318 e. The van der Waals surface area contributed by atoms with Crippen LogP contribution in [0.4, 0.5) is 6.01 Å². The van der Waals surface area contributed by atoms with Crippen molar-refractivity contribution in [3.8, 4) is 17.2 Å². The molecule has 30 heavy (non-hydrogen) atoms. The molecule has 1 fully saturated rings. The number of hydrogen-bond donors (Lipinski definition) is 1. The molecule has 0 saturated carbocycles. The van der Waals surface area contributed by atoms with Gasteiger partial charge in [-0.1, -0.05) is 11.2 Å². The molecule has 0 spiro atoms. The summed E-state index contributed by atoms with van der Waals surface area (Å²) in [6, 6.07) is 13.6. The van der Waals surface area contributed by atoms with E-state index in [0.29, 0.717) is 25.0 Å². The number of pyridine rings is 1. The van der Waals surface area contributed by atoms with Crippen LogP contribution in [0, 0.1) is 5.92 Å². The molecular formula is C22H25N5O3. The van der Waals surface area contributed by atoms with Gasteiger partial charge in [0.15, 0.2) is 0 Å². The van der Waals surface area contributed by atoms with E-state index in [9.17, 15) is 4.79 Å². The number of amides is 1. The highest BCUT2D eigenvalue weighted by molar-refractivity contribution is 5.79. The predicted octanol–water partition coefficient (Wildman–Crippen LogP) is 3.23. The Morgan fingerprint density at radius 1 is 1.17 bits per heavy atom. The lowest BCUT2D eigenvalue weighted by molar-refractivity contribution is -0.126. The van der Waals surface area contributed by atoms with E-state index in [1.165, 1.54) is 0 Å². The van der Waals surface area contributed by atoms with Gasteiger partial charge in [-0.25, -0.2) is 0 Å². The number of carbonyl (C=O) groups excluding carboxylic acids is 1. The third kappa shape index (κ3) is 4.42. The molecule has 0 radical (unpaired) electrons. The molecule has 8 nitrogen and oxygen atoms in total. The fourth-order valence-electron chi connectivity index (χ4n) is 3.56. The van der Waals surface area contributed by atoms with Crippen LogP contribution in [0.25, 0.3) is 11.5 Å². The lowest BCUT2D eigenvalue weighted by Crippen LogP contribution is -2.41. The summed E-state index contributed by atoms with van der Waals surface area (Å²) in [6.07, 6.45) is 3.21. The summed E-state index contributed by atoms with van der Waals surface area (Å²) in [4.78, 5) is 19.0. The van der Waals surface area contributed by atoms with Crippen molar-refractivity contribution in [2.24, 2.45) is 5.92 Å². The lowest BCUT2D eigenvalue weighted by Gasteiger charge is -2.30. The molecule has 3 aromatic rings. The van der Waals surface area contributed by atoms with Crippen LogP contribution in [0.3, 0.4) is 0 Å². The summed E-state index contributed by atoms with van der Waals surface area (Å²) in [5, 5.41) is 11.4. The third-order valence-corrected chi connectivity index (χ3v) is 5.38. The van der Waals surface area contributed by atoms with Crippen molar-refractivity contribution in [1.82, 2.24) is 20.5 Å². The summed E-state index contributed by atoms with van der Waals surface area (Å²) in [7, 11) is 1.63. The van der Waals surface area contributed by atoms with Gasteiger partial charge >= 0.3 is 6.01 Å². The second-order valence-electron chi connectivity index (χ2n) is 7.36. The first kappa shape index (κ1) is 19.9. The second kappa shape index (κ2) is 8.94. The number of hydrogen-bond acceptors (Lipinski definition) is 7. The fraction of sp³-hybridized carbons (Fsp3) is 0.364. The van der Waals surface area contributed by atoms with Crippen molar-refractivity contribution in [3.63, 3.8) is 0 Å². The standard InChI is InChI=1S/C22H25N5O3/c1-15(19-5-3-4-12-23-19)24-20(28)16-10-13-27(14-11-16)22-26-25-21(30-22)17-6-8-18(29-2)9-7-17/h3-9,12,15-16H,10-11,13-14H2,1-2H3,(H,24,28). The Bertz CT molecular complexity index is 966. The van der Waals surface area contributed by atoms with E-state index in [1.807, 2.05) is 54.3 Å². The van der Waals surface area contributed by atoms with Crippen molar-refractivity contribution in [2.75, 3.05) is 25.1 Å². The van der Waals surface area contributed by atoms with Crippen molar-refractivity contribution >= 4 is 11.9 Å². The van der Waals surface area contributed by atoms with Gasteiger partial charge in [0.25, 0.3) is 0 Å². The van der Waals surface area contributed by atoms with Gasteiger partial charge in [0.2, 0.25) is 11.8 Å². The molecule has 0 bridgehead atoms. The molecule has 156 valence electrons. The molecule has 0 aliphatic carbocycles. The first-order valence-electron chi connectivity index (χ1n) is 10.1. The largest absolute Gasteiger partial charge is 0.497 e. The average molecular weight is 407 g/mol. The predicted molar refractivity (Wildman–Crippen MR) is 112 cm³/mol. The molecule has 2 aromatic heterocycles. The molecule has 8 heteroatoms. The number of anilines is 1. The first-order chi connectivity index (χ1) is 14.6. The van der Waals surface area contributed by atoms with E-state index < -0.39 is 0 Å². The van der Waals surface area contributed by atoms with Crippen molar-refractivity contribution in [1.29, 1.82) is 0 Å². The molecule has 3 heterocycles. The Kier molecular flexibility index (Phi) is 5.92. The zero-order valence-corrected chi connectivity index (χ0v) is 17.1. The third-order valence-electron chi connectivity index (χ3n) is 5.38. The summed E-state index contributed by atoms with van der Waals surface area (Å²) >= 11 is 0. The van der Waals surface area contributed by atoms with Crippen molar-refractivity contribution in [3.05, 3.63) is 54.4 Å². The number of methoxy groups -OCH3 is 1. The number of piperidine rings is 1. The topological polar surface area (TPSA) is 93.4 Å². The Labute approximate surface area is 175 Å². The van der Waals surface area contributed by atoms with Gasteiger partial charge in [-0.2, -0.15) is 0 Å². The minimum atomic E-state index is -0.111. The molecule has 1 amide bonds. The molecule has 1 aliphatic heterocycles. The van der Waals surface area contributed by atoms with E-state index in [1.54, 1.807) is 13.3 Å². The number of carbonyl (C=O) groups is 1. The maximum Gasteiger partial charge on any atom is 0.318 e. The highest BCUT2D eigenvalue weighted by Gasteiger charge is 2.28. The molecule has 4 rings (SSSR count). The maximum absolute atomic E-state index is 12.6. The Hall–Kier alpha value is -3.42. The normalized spacial score (nSPS) is 15.6. The van der Waals surface area contributed by atoms with Gasteiger partial charge in [-0.15, -0.1) is 5.10 Å². The number of rotatable bonds is 6. The van der Waals surface area contributed by atoms with E-state index in [-0.39, 0.29) is 17.9 Å². The molecule has 1 unspecified atom stereocenters. The van der Waals surface area contributed by atoms with Crippen molar-refractivity contribution in [2.45, 2.75) is 25.8 Å². The minimum absolute atomic E-state index is 0.0311. The van der Waals surface area contributed by atoms with Gasteiger partial charge in [-0.05, 0) is 56.2 Å². The number of benzene rings is 1. The van der Waals surface area contributed by atoms with E-state index in [0.717, 1.165) is 29.8 Å². The van der Waals surface area contributed by atoms with Crippen LogP contribution in [-0.2, 0) is 4.79 Å². The molecular weight excluding hydrogens is 382 g/mol. The van der Waals surface area contributed by atoms with E-state index in [2.05, 4.69) is 20.5 Å². The summed E-state index contributed by atoms with van der Waals surface area (Å²) in [6.45, 7) is 3.34. The average Bonchev–Trinajstić information content (AvgIpc) is 3.30. The summed E-state index contributed by atoms with van der Waals surface area (Å²) in [5.41, 5.74) is 1.70. The van der Waals surface area contributed by atoms with Gasteiger partial charge in [0, 0.05) is 30.8 Å². The van der Waals surface area contributed by atoms with Crippen LogP contribution in [0.15, 0.2) is 53.1 Å². The summed E-state index contributed by atoms with van der Waals surface area (Å²) in [5.74, 6) is 1.28. The monoisotopic (exact) mass is 407 g/mol. The lowest BCUT2D eigenvalue weighted by atomic mass is 9.95. The maximum atomic E-state index is 12.6. The van der Waals surface area contributed by atoms with Crippen LogP contribution in [-0.4, -0.2) is 41.3 Å². The molecule has 1 aliphatic rings. The van der Waals surface area contributed by atoms with E-state index >= 15 is 0 Å². The molecule has 1 saturated heterocycles. The fourth-order valence-corrected chi connectivity index (χ4v) is 3.56. The molecule has 1 aromatic carbocycles. The zero-order chi connectivity index (χ0) is 20.9. The highest BCUT2D eigenvalue weighted by Crippen LogP contribution is 2.27. The molecule has 1 atom stereocenters. The zero-order valence-electron chi connectivity index (χ0n) is 17.1. The SMILES string of the molecule is COc1ccc(-c2nnc(N3CCC(C(=O)NC(C)c4ccccn4)CC3)o2)cc1. The van der Waals surface area contributed by atoms with Gasteiger partial charge in [0.05, 0.1) is 18.8 Å². The van der Waals surface area contributed by atoms with Crippen LogP contribution >= 0.6 is 0 Å². The van der Waals surface area contributed by atoms with E-state index in [4.69, 9.17) is 9.15 Å². The van der Waals surface area contributed by atoms with Gasteiger partial charge in [0.1, 0.15) is 5.75 Å². The Morgan fingerprint density at radius 3 is 2.60 bits per heavy atom. The number of aromatic nitrogens is 3. The quantitative estimate of drug-likeness (QED) is 0.670. The van der Waals surface area contributed by atoms with Crippen molar-refractivity contribution < 1.29 is 13.9 Å². The summed E-state index contributed by atoms with van der Waals surface area (Å²) < 4.78 is 11.0.